The van der Waals surface area contributed by atoms with Gasteiger partial charge in [0.15, 0.2) is 5.75 Å². The Morgan fingerprint density at radius 1 is 1.43 bits per heavy atom. The van der Waals surface area contributed by atoms with Crippen LogP contribution < -0.4 is 10.1 Å². The molecule has 0 spiro atoms. The lowest BCUT2D eigenvalue weighted by Crippen LogP contribution is -2.43. The van der Waals surface area contributed by atoms with E-state index in [-0.39, 0.29) is 24.6 Å². The number of amides is 1. The SMILES string of the molecule is Cc1cc(C)n(CC(=O)N[C@H]2CCC[C@H]2Oc2cnn(C)c2)n1. The summed E-state index contributed by atoms with van der Waals surface area (Å²) in [6.07, 6.45) is 6.48. The molecule has 2 heterocycles. The molecule has 1 saturated carbocycles. The highest BCUT2D eigenvalue weighted by Crippen LogP contribution is 2.24. The van der Waals surface area contributed by atoms with Crippen LogP contribution in [0.1, 0.15) is 30.7 Å². The van der Waals surface area contributed by atoms with Crippen molar-refractivity contribution >= 4 is 5.91 Å². The number of aryl methyl sites for hydroxylation is 3. The number of carbonyl (C=O) groups is 1. The quantitative estimate of drug-likeness (QED) is 0.903. The number of aromatic nitrogens is 4. The second-order valence-corrected chi connectivity index (χ2v) is 6.20. The van der Waals surface area contributed by atoms with Gasteiger partial charge in [0.25, 0.3) is 0 Å². The highest BCUT2D eigenvalue weighted by atomic mass is 16.5. The van der Waals surface area contributed by atoms with Crippen molar-refractivity contribution in [3.05, 3.63) is 29.8 Å². The molecule has 2 aromatic rings. The molecule has 7 heteroatoms. The number of hydrogen-bond acceptors (Lipinski definition) is 4. The van der Waals surface area contributed by atoms with Crippen molar-refractivity contribution in [1.82, 2.24) is 24.9 Å². The van der Waals surface area contributed by atoms with Gasteiger partial charge in [-0.1, -0.05) is 0 Å². The van der Waals surface area contributed by atoms with E-state index in [1.807, 2.05) is 33.2 Å². The van der Waals surface area contributed by atoms with Crippen molar-refractivity contribution < 1.29 is 9.53 Å². The number of rotatable bonds is 5. The molecule has 2 aromatic heterocycles. The third-order valence-corrected chi connectivity index (χ3v) is 4.16. The van der Waals surface area contributed by atoms with E-state index in [2.05, 4.69) is 15.5 Å². The largest absolute Gasteiger partial charge is 0.485 e. The van der Waals surface area contributed by atoms with Crippen LogP contribution in [0.5, 0.6) is 5.75 Å². The fourth-order valence-corrected chi connectivity index (χ4v) is 3.09. The van der Waals surface area contributed by atoms with E-state index >= 15 is 0 Å². The summed E-state index contributed by atoms with van der Waals surface area (Å²) < 4.78 is 9.41. The van der Waals surface area contributed by atoms with Crippen LogP contribution in [-0.2, 0) is 18.4 Å². The lowest BCUT2D eigenvalue weighted by atomic mass is 10.2. The van der Waals surface area contributed by atoms with Gasteiger partial charge in [0.05, 0.1) is 24.1 Å². The maximum Gasteiger partial charge on any atom is 0.242 e. The predicted octanol–water partition coefficient (Wildman–Crippen LogP) is 1.35. The molecule has 23 heavy (non-hydrogen) atoms. The van der Waals surface area contributed by atoms with Crippen LogP contribution >= 0.6 is 0 Å². The molecule has 0 saturated heterocycles. The maximum atomic E-state index is 12.3. The standard InChI is InChI=1S/C16H23N5O2/c1-11-7-12(2)21(19-11)10-16(22)18-14-5-4-6-15(14)23-13-8-17-20(3)9-13/h7-9,14-15H,4-6,10H2,1-3H3,(H,18,22)/t14-,15+/m0/s1. The Balaban J connectivity index is 1.57. The highest BCUT2D eigenvalue weighted by molar-refractivity contribution is 5.76. The van der Waals surface area contributed by atoms with Gasteiger partial charge in [0.2, 0.25) is 5.91 Å². The third-order valence-electron chi connectivity index (χ3n) is 4.16. The van der Waals surface area contributed by atoms with E-state index in [4.69, 9.17) is 4.74 Å². The molecule has 1 fully saturated rings. The van der Waals surface area contributed by atoms with Crippen LogP contribution in [0.25, 0.3) is 0 Å². The lowest BCUT2D eigenvalue weighted by molar-refractivity contribution is -0.123. The normalized spacial score (nSPS) is 20.7. The van der Waals surface area contributed by atoms with E-state index in [0.717, 1.165) is 36.4 Å². The van der Waals surface area contributed by atoms with Crippen molar-refractivity contribution in [2.45, 2.75) is 51.8 Å². The summed E-state index contributed by atoms with van der Waals surface area (Å²) in [5.74, 6) is 0.722. The van der Waals surface area contributed by atoms with Crippen molar-refractivity contribution in [1.29, 1.82) is 0 Å². The summed E-state index contributed by atoms with van der Waals surface area (Å²) in [4.78, 5) is 12.3. The monoisotopic (exact) mass is 317 g/mol. The van der Waals surface area contributed by atoms with E-state index < -0.39 is 0 Å². The molecule has 0 aliphatic heterocycles. The summed E-state index contributed by atoms with van der Waals surface area (Å²) in [7, 11) is 1.86. The first kappa shape index (κ1) is 15.6. The zero-order valence-electron chi connectivity index (χ0n) is 13.8. The molecular weight excluding hydrogens is 294 g/mol. The highest BCUT2D eigenvalue weighted by Gasteiger charge is 2.30. The van der Waals surface area contributed by atoms with Crippen molar-refractivity contribution in [2.24, 2.45) is 7.05 Å². The average molecular weight is 317 g/mol. The number of hydrogen-bond donors (Lipinski definition) is 1. The fourth-order valence-electron chi connectivity index (χ4n) is 3.09. The zero-order chi connectivity index (χ0) is 16.4. The summed E-state index contributed by atoms with van der Waals surface area (Å²) in [5, 5.41) is 11.5. The van der Waals surface area contributed by atoms with Gasteiger partial charge in [-0.3, -0.25) is 14.2 Å². The van der Waals surface area contributed by atoms with Crippen molar-refractivity contribution in [2.75, 3.05) is 0 Å². The van der Waals surface area contributed by atoms with Crippen LogP contribution in [0.2, 0.25) is 0 Å². The molecule has 1 aliphatic carbocycles. The molecule has 7 nitrogen and oxygen atoms in total. The minimum Gasteiger partial charge on any atom is -0.485 e. The molecular formula is C16H23N5O2. The second-order valence-electron chi connectivity index (χ2n) is 6.20. The van der Waals surface area contributed by atoms with E-state index in [9.17, 15) is 4.79 Å². The Kier molecular flexibility index (Phi) is 4.36. The zero-order valence-corrected chi connectivity index (χ0v) is 13.8. The first-order valence-electron chi connectivity index (χ1n) is 7.97. The second kappa shape index (κ2) is 6.44. The van der Waals surface area contributed by atoms with Crippen LogP contribution in [0.3, 0.4) is 0 Å². The third kappa shape index (κ3) is 3.72. The molecule has 0 aromatic carbocycles. The summed E-state index contributed by atoms with van der Waals surface area (Å²) >= 11 is 0. The van der Waals surface area contributed by atoms with Crippen LogP contribution in [0.4, 0.5) is 0 Å². The number of nitrogens with zero attached hydrogens (tertiary/aromatic N) is 4. The molecule has 1 aliphatic rings. The van der Waals surface area contributed by atoms with Gasteiger partial charge in [0, 0.05) is 12.7 Å². The van der Waals surface area contributed by atoms with Gasteiger partial charge in [-0.2, -0.15) is 10.2 Å². The average Bonchev–Trinajstić information content (AvgIpc) is 3.15. The smallest absolute Gasteiger partial charge is 0.242 e. The maximum absolute atomic E-state index is 12.3. The Labute approximate surface area is 135 Å². The first-order chi connectivity index (χ1) is 11.0. The van der Waals surface area contributed by atoms with Crippen LogP contribution in [-0.4, -0.2) is 37.6 Å². The van der Waals surface area contributed by atoms with E-state index in [1.165, 1.54) is 0 Å². The Hall–Kier alpha value is -2.31. The van der Waals surface area contributed by atoms with E-state index in [1.54, 1.807) is 15.6 Å². The molecule has 124 valence electrons. The fraction of sp³-hybridized carbons (Fsp3) is 0.562. The first-order valence-corrected chi connectivity index (χ1v) is 7.97. The van der Waals surface area contributed by atoms with Gasteiger partial charge in [-0.25, -0.2) is 0 Å². The van der Waals surface area contributed by atoms with Gasteiger partial charge in [0.1, 0.15) is 12.6 Å². The molecule has 0 radical (unpaired) electrons. The predicted molar refractivity (Wildman–Crippen MR) is 85.1 cm³/mol. The summed E-state index contributed by atoms with van der Waals surface area (Å²) in [6, 6.07) is 2.01. The van der Waals surface area contributed by atoms with Crippen LogP contribution in [0.15, 0.2) is 18.5 Å². The van der Waals surface area contributed by atoms with Crippen molar-refractivity contribution in [3.8, 4) is 5.75 Å². The van der Waals surface area contributed by atoms with Crippen LogP contribution in [0, 0.1) is 13.8 Å². The molecule has 0 unspecified atom stereocenters. The Morgan fingerprint density at radius 2 is 2.26 bits per heavy atom. The molecule has 1 N–H and O–H groups in total. The minimum absolute atomic E-state index is 0.00334. The molecule has 0 bridgehead atoms. The minimum atomic E-state index is -0.0251. The van der Waals surface area contributed by atoms with Gasteiger partial charge in [-0.05, 0) is 39.2 Å². The lowest BCUT2D eigenvalue weighted by Gasteiger charge is -2.21. The number of ether oxygens (including phenoxy) is 1. The number of carbonyl (C=O) groups excluding carboxylic acids is 1. The number of nitrogens with one attached hydrogen (secondary N) is 1. The Morgan fingerprint density at radius 3 is 2.91 bits per heavy atom. The van der Waals surface area contributed by atoms with Gasteiger partial charge < -0.3 is 10.1 Å². The van der Waals surface area contributed by atoms with Gasteiger partial charge in [-0.15, -0.1) is 0 Å². The summed E-state index contributed by atoms with van der Waals surface area (Å²) in [5.41, 5.74) is 1.92. The van der Waals surface area contributed by atoms with Gasteiger partial charge >= 0.3 is 0 Å². The summed E-state index contributed by atoms with van der Waals surface area (Å²) in [6.45, 7) is 4.13. The molecule has 1 amide bonds. The van der Waals surface area contributed by atoms with E-state index in [0.29, 0.717) is 0 Å². The molecule has 2 atom stereocenters. The molecule has 3 rings (SSSR count). The Bertz CT molecular complexity index is 690. The van der Waals surface area contributed by atoms with Crippen molar-refractivity contribution in [3.63, 3.8) is 0 Å². The topological polar surface area (TPSA) is 74.0 Å².